The van der Waals surface area contributed by atoms with Crippen LogP contribution in [0.2, 0.25) is 0 Å². The summed E-state index contributed by atoms with van der Waals surface area (Å²) in [6, 6.07) is -0.912. The Hall–Kier alpha value is -1.94. The van der Waals surface area contributed by atoms with Gasteiger partial charge >= 0.3 is 5.97 Å². The third-order valence-corrected chi connectivity index (χ3v) is 3.96. The first-order valence-electron chi connectivity index (χ1n) is 7.56. The largest absolute Gasteiger partial charge is 0.480 e. The molecule has 0 aromatic carbocycles. The van der Waals surface area contributed by atoms with Crippen LogP contribution >= 0.6 is 0 Å². The number of carbonyl (C=O) groups excluding carboxylic acids is 1. The van der Waals surface area contributed by atoms with Gasteiger partial charge in [-0.15, -0.1) is 12.3 Å². The molecule has 2 aliphatic heterocycles. The fraction of sp³-hybridized carbons (Fsp3) is 0.733. The maximum atomic E-state index is 11.9. The second-order valence-corrected chi connectivity index (χ2v) is 5.72. The number of carboxylic acids is 1. The second-order valence-electron chi connectivity index (χ2n) is 5.72. The zero-order chi connectivity index (χ0) is 16.0. The SMILES string of the molecule is C#CCCC1(CCC(=O)NC(CC2CCCO2)C(=O)O)N=N1. The molecule has 120 valence electrons. The van der Waals surface area contributed by atoms with E-state index in [-0.39, 0.29) is 18.4 Å². The van der Waals surface area contributed by atoms with Crippen molar-refractivity contribution in [2.24, 2.45) is 10.2 Å². The molecule has 1 amide bonds. The monoisotopic (exact) mass is 307 g/mol. The Bertz CT molecular complexity index is 486. The highest BCUT2D eigenvalue weighted by atomic mass is 16.5. The molecule has 7 heteroatoms. The number of terminal acetylenes is 1. The molecule has 2 rings (SSSR count). The molecular weight excluding hydrogens is 286 g/mol. The van der Waals surface area contributed by atoms with Gasteiger partial charge < -0.3 is 15.2 Å². The summed E-state index contributed by atoms with van der Waals surface area (Å²) in [6.07, 6.45) is 9.05. The average Bonchev–Trinajstić information content (AvgIpc) is 3.08. The summed E-state index contributed by atoms with van der Waals surface area (Å²) in [5, 5.41) is 19.7. The van der Waals surface area contributed by atoms with Crippen LogP contribution in [-0.4, -0.2) is 41.4 Å². The fourth-order valence-corrected chi connectivity index (χ4v) is 2.56. The van der Waals surface area contributed by atoms with Crippen molar-refractivity contribution in [3.63, 3.8) is 0 Å². The van der Waals surface area contributed by atoms with Gasteiger partial charge in [-0.2, -0.15) is 10.2 Å². The Morgan fingerprint density at radius 1 is 1.45 bits per heavy atom. The maximum absolute atomic E-state index is 11.9. The van der Waals surface area contributed by atoms with E-state index in [1.54, 1.807) is 0 Å². The summed E-state index contributed by atoms with van der Waals surface area (Å²) < 4.78 is 5.42. The number of amides is 1. The zero-order valence-electron chi connectivity index (χ0n) is 12.5. The molecule has 22 heavy (non-hydrogen) atoms. The molecule has 2 N–H and O–H groups in total. The van der Waals surface area contributed by atoms with Crippen molar-refractivity contribution >= 4 is 11.9 Å². The van der Waals surface area contributed by atoms with E-state index >= 15 is 0 Å². The van der Waals surface area contributed by atoms with Crippen molar-refractivity contribution in [3.8, 4) is 12.3 Å². The molecule has 2 unspecified atom stereocenters. The lowest BCUT2D eigenvalue weighted by molar-refractivity contribution is -0.142. The molecule has 0 saturated carbocycles. The quantitative estimate of drug-likeness (QED) is 0.630. The van der Waals surface area contributed by atoms with E-state index in [4.69, 9.17) is 11.2 Å². The first-order valence-corrected chi connectivity index (χ1v) is 7.56. The highest BCUT2D eigenvalue weighted by Gasteiger charge is 2.39. The number of ether oxygens (including phenoxy) is 1. The summed E-state index contributed by atoms with van der Waals surface area (Å²) in [6.45, 7) is 0.658. The summed E-state index contributed by atoms with van der Waals surface area (Å²) in [5.41, 5.74) is -0.517. The standard InChI is InChI=1S/C15H21N3O4/c1-2-3-7-15(17-18-15)8-6-13(19)16-12(14(20)21)10-11-5-4-9-22-11/h1,11-12H,3-10H2,(H,16,19)(H,20,21). The predicted molar refractivity (Wildman–Crippen MR) is 78.0 cm³/mol. The highest BCUT2D eigenvalue weighted by Crippen LogP contribution is 2.37. The van der Waals surface area contributed by atoms with Crippen LogP contribution in [0, 0.1) is 12.3 Å². The first kappa shape index (κ1) is 16.4. The number of nitrogens with zero attached hydrogens (tertiary/aromatic N) is 2. The van der Waals surface area contributed by atoms with Gasteiger partial charge in [0.1, 0.15) is 6.04 Å². The Morgan fingerprint density at radius 2 is 2.23 bits per heavy atom. The van der Waals surface area contributed by atoms with Crippen LogP contribution in [0.1, 0.15) is 44.9 Å². The number of aliphatic carboxylic acids is 1. The average molecular weight is 307 g/mol. The van der Waals surface area contributed by atoms with Crippen LogP contribution in [-0.2, 0) is 14.3 Å². The number of hydrogen-bond acceptors (Lipinski definition) is 5. The minimum absolute atomic E-state index is 0.0863. The minimum Gasteiger partial charge on any atom is -0.480 e. The molecule has 1 fully saturated rings. The highest BCUT2D eigenvalue weighted by molar-refractivity contribution is 5.83. The lowest BCUT2D eigenvalue weighted by atomic mass is 10.0. The van der Waals surface area contributed by atoms with Gasteiger partial charge in [0.25, 0.3) is 0 Å². The Morgan fingerprint density at radius 3 is 2.77 bits per heavy atom. The van der Waals surface area contributed by atoms with E-state index in [9.17, 15) is 14.7 Å². The van der Waals surface area contributed by atoms with Gasteiger partial charge in [-0.3, -0.25) is 4.79 Å². The maximum Gasteiger partial charge on any atom is 0.326 e. The normalized spacial score (nSPS) is 22.8. The summed E-state index contributed by atoms with van der Waals surface area (Å²) >= 11 is 0. The number of hydrogen-bond donors (Lipinski definition) is 2. The zero-order valence-corrected chi connectivity index (χ0v) is 12.5. The molecule has 7 nitrogen and oxygen atoms in total. The molecule has 0 bridgehead atoms. The first-order chi connectivity index (χ1) is 10.5. The van der Waals surface area contributed by atoms with Crippen LogP contribution in [0.4, 0.5) is 0 Å². The predicted octanol–water partition coefficient (Wildman–Crippen LogP) is 1.48. The molecular formula is C15H21N3O4. The van der Waals surface area contributed by atoms with Gasteiger partial charge in [0, 0.05) is 38.7 Å². The van der Waals surface area contributed by atoms with E-state index in [2.05, 4.69) is 21.5 Å². The third-order valence-electron chi connectivity index (χ3n) is 3.96. The molecule has 0 spiro atoms. The lowest BCUT2D eigenvalue weighted by Crippen LogP contribution is -2.43. The molecule has 0 radical (unpaired) electrons. The van der Waals surface area contributed by atoms with Crippen LogP contribution < -0.4 is 5.32 Å². The van der Waals surface area contributed by atoms with E-state index in [0.717, 1.165) is 12.8 Å². The summed E-state index contributed by atoms with van der Waals surface area (Å²) in [4.78, 5) is 23.2. The molecule has 2 heterocycles. The van der Waals surface area contributed by atoms with Gasteiger partial charge in [-0.1, -0.05) is 0 Å². The second kappa shape index (κ2) is 7.36. The van der Waals surface area contributed by atoms with Gasteiger partial charge in [-0.05, 0) is 12.8 Å². The number of rotatable bonds is 9. The Kier molecular flexibility index (Phi) is 5.50. The van der Waals surface area contributed by atoms with Crippen molar-refractivity contribution in [1.82, 2.24) is 5.32 Å². The minimum atomic E-state index is -1.04. The van der Waals surface area contributed by atoms with Gasteiger partial charge in [0.2, 0.25) is 5.91 Å². The molecule has 0 aromatic rings. The summed E-state index contributed by atoms with van der Waals surface area (Å²) in [7, 11) is 0. The van der Waals surface area contributed by atoms with E-state index in [1.807, 2.05) is 0 Å². The van der Waals surface area contributed by atoms with Gasteiger partial charge in [0.05, 0.1) is 6.10 Å². The lowest BCUT2D eigenvalue weighted by Gasteiger charge is -2.18. The molecule has 2 atom stereocenters. The topological polar surface area (TPSA) is 100 Å². The van der Waals surface area contributed by atoms with Crippen molar-refractivity contribution in [2.45, 2.75) is 62.8 Å². The number of carboxylic acid groups (broad SMARTS) is 1. The smallest absolute Gasteiger partial charge is 0.326 e. The van der Waals surface area contributed by atoms with E-state index in [0.29, 0.717) is 32.3 Å². The van der Waals surface area contributed by atoms with Crippen molar-refractivity contribution in [3.05, 3.63) is 0 Å². The Balaban J connectivity index is 1.74. The molecule has 1 saturated heterocycles. The number of carbonyl (C=O) groups is 2. The fourth-order valence-electron chi connectivity index (χ4n) is 2.56. The number of nitrogens with one attached hydrogen (secondary N) is 1. The van der Waals surface area contributed by atoms with Crippen LogP contribution in [0.15, 0.2) is 10.2 Å². The summed E-state index contributed by atoms with van der Waals surface area (Å²) in [5.74, 6) is 1.19. The van der Waals surface area contributed by atoms with Crippen LogP contribution in [0.5, 0.6) is 0 Å². The molecule has 0 aliphatic carbocycles. The van der Waals surface area contributed by atoms with E-state index < -0.39 is 17.7 Å². The van der Waals surface area contributed by atoms with Crippen molar-refractivity contribution in [2.75, 3.05) is 6.61 Å². The molecule has 0 aromatic heterocycles. The van der Waals surface area contributed by atoms with Crippen LogP contribution in [0.3, 0.4) is 0 Å². The van der Waals surface area contributed by atoms with Gasteiger partial charge in [0.15, 0.2) is 5.66 Å². The third kappa shape index (κ3) is 4.81. The van der Waals surface area contributed by atoms with Crippen molar-refractivity contribution in [1.29, 1.82) is 0 Å². The Labute approximate surface area is 129 Å². The molecule has 2 aliphatic rings. The van der Waals surface area contributed by atoms with Gasteiger partial charge in [-0.25, -0.2) is 4.79 Å². The van der Waals surface area contributed by atoms with Crippen molar-refractivity contribution < 1.29 is 19.4 Å². The van der Waals surface area contributed by atoms with E-state index in [1.165, 1.54) is 0 Å². The van der Waals surface area contributed by atoms with Crippen LogP contribution in [0.25, 0.3) is 0 Å².